The molecule has 1 aromatic heterocycles. The molecular weight excluding hydrogens is 264 g/mol. The van der Waals surface area contributed by atoms with Gasteiger partial charge < -0.3 is 5.32 Å². The summed E-state index contributed by atoms with van der Waals surface area (Å²) in [6.07, 6.45) is 4.58. The molecule has 0 bridgehead atoms. The minimum atomic E-state index is 0.00232. The van der Waals surface area contributed by atoms with Gasteiger partial charge in [-0.15, -0.1) is 5.10 Å². The summed E-state index contributed by atoms with van der Waals surface area (Å²) >= 11 is 0. The van der Waals surface area contributed by atoms with Gasteiger partial charge in [-0.25, -0.2) is 4.68 Å². The van der Waals surface area contributed by atoms with E-state index in [2.05, 4.69) is 22.6 Å². The number of hydrogen-bond acceptors (Lipinski definition) is 3. The number of benzene rings is 1. The van der Waals surface area contributed by atoms with Crippen molar-refractivity contribution in [1.29, 1.82) is 0 Å². The van der Waals surface area contributed by atoms with Gasteiger partial charge in [0.15, 0.2) is 0 Å². The molecule has 1 fully saturated rings. The number of nitrogens with one attached hydrogen (secondary N) is 1. The zero-order chi connectivity index (χ0) is 14.8. The van der Waals surface area contributed by atoms with E-state index in [9.17, 15) is 4.79 Å². The van der Waals surface area contributed by atoms with E-state index in [0.29, 0.717) is 11.6 Å². The Balaban J connectivity index is 1.72. The second-order valence-electron chi connectivity index (χ2n) is 6.04. The lowest BCUT2D eigenvalue weighted by Crippen LogP contribution is -2.37. The van der Waals surface area contributed by atoms with Gasteiger partial charge in [0.2, 0.25) is 0 Å². The standard InChI is InChI=1S/C16H22N4O/c1-3-20-15-9-6-12(10-14(15)18-19-20)16(21)17-13-7-4-11(2)5-8-13/h6,9-11,13H,3-5,7-8H2,1-2H3,(H,17,21). The fraction of sp³-hybridized carbons (Fsp3) is 0.562. The Morgan fingerprint density at radius 2 is 2.10 bits per heavy atom. The van der Waals surface area contributed by atoms with Gasteiger partial charge in [0.1, 0.15) is 5.52 Å². The summed E-state index contributed by atoms with van der Waals surface area (Å²) in [6.45, 7) is 5.09. The number of hydrogen-bond donors (Lipinski definition) is 1. The lowest BCUT2D eigenvalue weighted by atomic mass is 9.87. The van der Waals surface area contributed by atoms with E-state index >= 15 is 0 Å². The number of carbonyl (C=O) groups excluding carboxylic acids is 1. The Labute approximate surface area is 124 Å². The third-order valence-corrected chi connectivity index (χ3v) is 4.43. The van der Waals surface area contributed by atoms with Gasteiger partial charge in [-0.1, -0.05) is 12.1 Å². The summed E-state index contributed by atoms with van der Waals surface area (Å²) in [7, 11) is 0. The molecule has 0 atom stereocenters. The number of nitrogens with zero attached hydrogens (tertiary/aromatic N) is 3. The van der Waals surface area contributed by atoms with Gasteiger partial charge in [0.25, 0.3) is 5.91 Å². The second kappa shape index (κ2) is 5.84. The molecule has 3 rings (SSSR count). The predicted molar refractivity (Wildman–Crippen MR) is 82.1 cm³/mol. The lowest BCUT2D eigenvalue weighted by Gasteiger charge is -2.26. The first-order valence-corrected chi connectivity index (χ1v) is 7.81. The molecule has 5 heteroatoms. The van der Waals surface area contributed by atoms with E-state index < -0.39 is 0 Å². The summed E-state index contributed by atoms with van der Waals surface area (Å²) in [4.78, 5) is 12.3. The van der Waals surface area contributed by atoms with Crippen LogP contribution in [0.1, 0.15) is 49.9 Å². The highest BCUT2D eigenvalue weighted by Gasteiger charge is 2.20. The Hall–Kier alpha value is -1.91. The molecule has 1 heterocycles. The van der Waals surface area contributed by atoms with Crippen LogP contribution in [0, 0.1) is 5.92 Å². The molecule has 1 N–H and O–H groups in total. The van der Waals surface area contributed by atoms with Crippen molar-refractivity contribution in [2.45, 2.75) is 52.1 Å². The monoisotopic (exact) mass is 286 g/mol. The van der Waals surface area contributed by atoms with Crippen molar-refractivity contribution in [1.82, 2.24) is 20.3 Å². The number of aryl methyl sites for hydroxylation is 1. The van der Waals surface area contributed by atoms with Crippen LogP contribution in [0.2, 0.25) is 0 Å². The van der Waals surface area contributed by atoms with Gasteiger partial charge in [0.05, 0.1) is 5.52 Å². The zero-order valence-corrected chi connectivity index (χ0v) is 12.7. The molecule has 0 spiro atoms. The minimum Gasteiger partial charge on any atom is -0.349 e. The van der Waals surface area contributed by atoms with E-state index in [-0.39, 0.29) is 5.91 Å². The summed E-state index contributed by atoms with van der Waals surface area (Å²) in [6, 6.07) is 5.93. The molecule has 1 aliphatic rings. The first kappa shape index (κ1) is 14.0. The highest BCUT2D eigenvalue weighted by atomic mass is 16.1. The van der Waals surface area contributed by atoms with Crippen molar-refractivity contribution >= 4 is 16.9 Å². The predicted octanol–water partition coefficient (Wildman–Crippen LogP) is 2.76. The molecule has 1 aromatic carbocycles. The normalized spacial score (nSPS) is 22.4. The number of rotatable bonds is 3. The molecule has 0 aliphatic heterocycles. The second-order valence-corrected chi connectivity index (χ2v) is 6.04. The van der Waals surface area contributed by atoms with Crippen LogP contribution in [0.3, 0.4) is 0 Å². The van der Waals surface area contributed by atoms with Crippen LogP contribution in [-0.2, 0) is 6.54 Å². The first-order chi connectivity index (χ1) is 10.2. The highest BCUT2D eigenvalue weighted by molar-refractivity contribution is 5.97. The summed E-state index contributed by atoms with van der Waals surface area (Å²) < 4.78 is 1.83. The first-order valence-electron chi connectivity index (χ1n) is 7.81. The lowest BCUT2D eigenvalue weighted by molar-refractivity contribution is 0.0923. The summed E-state index contributed by atoms with van der Waals surface area (Å²) in [5, 5.41) is 11.3. The molecule has 0 radical (unpaired) electrons. The molecular formula is C16H22N4O. The minimum absolute atomic E-state index is 0.00232. The number of amides is 1. The Kier molecular flexibility index (Phi) is 3.90. The molecule has 0 saturated heterocycles. The van der Waals surface area contributed by atoms with E-state index in [0.717, 1.165) is 36.3 Å². The Morgan fingerprint density at radius 1 is 1.33 bits per heavy atom. The maximum Gasteiger partial charge on any atom is 0.251 e. The quantitative estimate of drug-likeness (QED) is 0.943. The van der Waals surface area contributed by atoms with Crippen LogP contribution in [0.25, 0.3) is 11.0 Å². The number of aromatic nitrogens is 3. The van der Waals surface area contributed by atoms with Gasteiger partial charge >= 0.3 is 0 Å². The summed E-state index contributed by atoms with van der Waals surface area (Å²) in [5.74, 6) is 0.793. The zero-order valence-electron chi connectivity index (χ0n) is 12.7. The SMILES string of the molecule is CCn1nnc2cc(C(=O)NC3CCC(C)CC3)ccc21. The average Bonchev–Trinajstić information content (AvgIpc) is 2.91. The van der Waals surface area contributed by atoms with Crippen LogP contribution in [0.4, 0.5) is 0 Å². The Bertz CT molecular complexity index is 641. The van der Waals surface area contributed by atoms with Gasteiger partial charge in [-0.2, -0.15) is 0 Å². The van der Waals surface area contributed by atoms with Crippen molar-refractivity contribution in [2.24, 2.45) is 5.92 Å². The van der Waals surface area contributed by atoms with Crippen LogP contribution in [0.5, 0.6) is 0 Å². The molecule has 1 saturated carbocycles. The maximum absolute atomic E-state index is 12.3. The van der Waals surface area contributed by atoms with Crippen LogP contribution < -0.4 is 5.32 Å². The molecule has 1 aliphatic carbocycles. The molecule has 5 nitrogen and oxygen atoms in total. The van der Waals surface area contributed by atoms with Crippen molar-refractivity contribution in [2.75, 3.05) is 0 Å². The van der Waals surface area contributed by atoms with Gasteiger partial charge in [-0.05, 0) is 56.7 Å². The van der Waals surface area contributed by atoms with E-state index in [1.165, 1.54) is 12.8 Å². The topological polar surface area (TPSA) is 59.8 Å². The van der Waals surface area contributed by atoms with Crippen molar-refractivity contribution < 1.29 is 4.79 Å². The summed E-state index contributed by atoms with van der Waals surface area (Å²) in [5.41, 5.74) is 2.42. The highest BCUT2D eigenvalue weighted by Crippen LogP contribution is 2.23. The van der Waals surface area contributed by atoms with Crippen LogP contribution >= 0.6 is 0 Å². The molecule has 21 heavy (non-hydrogen) atoms. The average molecular weight is 286 g/mol. The fourth-order valence-electron chi connectivity index (χ4n) is 3.02. The molecule has 0 unspecified atom stereocenters. The van der Waals surface area contributed by atoms with Crippen molar-refractivity contribution in [3.05, 3.63) is 23.8 Å². The largest absolute Gasteiger partial charge is 0.349 e. The van der Waals surface area contributed by atoms with E-state index in [1.54, 1.807) is 0 Å². The van der Waals surface area contributed by atoms with Gasteiger partial charge in [0, 0.05) is 18.2 Å². The molecule has 2 aromatic rings. The van der Waals surface area contributed by atoms with Crippen LogP contribution in [-0.4, -0.2) is 26.9 Å². The molecule has 112 valence electrons. The third-order valence-electron chi connectivity index (χ3n) is 4.43. The maximum atomic E-state index is 12.3. The van der Waals surface area contributed by atoms with E-state index in [4.69, 9.17) is 0 Å². The molecule has 1 amide bonds. The third kappa shape index (κ3) is 2.91. The number of fused-ring (bicyclic) bond motifs is 1. The van der Waals surface area contributed by atoms with E-state index in [1.807, 2.05) is 29.8 Å². The fourth-order valence-corrected chi connectivity index (χ4v) is 3.02. The van der Waals surface area contributed by atoms with Crippen molar-refractivity contribution in [3.8, 4) is 0 Å². The van der Waals surface area contributed by atoms with Crippen molar-refractivity contribution in [3.63, 3.8) is 0 Å². The smallest absolute Gasteiger partial charge is 0.251 e. The van der Waals surface area contributed by atoms with Gasteiger partial charge in [-0.3, -0.25) is 4.79 Å². The Morgan fingerprint density at radius 3 is 2.81 bits per heavy atom. The van der Waals surface area contributed by atoms with Crippen LogP contribution in [0.15, 0.2) is 18.2 Å². The number of carbonyl (C=O) groups is 1.